The first kappa shape index (κ1) is 11.5. The largest absolute Gasteiger partial charge is 0.300 e. The van der Waals surface area contributed by atoms with Gasteiger partial charge in [-0.25, -0.2) is 0 Å². The molecule has 76 valence electrons. The van der Waals surface area contributed by atoms with Crippen molar-refractivity contribution in [1.82, 2.24) is 0 Å². The summed E-state index contributed by atoms with van der Waals surface area (Å²) in [4.78, 5) is 11.0. The molecule has 0 saturated carbocycles. The molecule has 0 spiro atoms. The van der Waals surface area contributed by atoms with Crippen LogP contribution in [0.1, 0.15) is 19.4 Å². The lowest BCUT2D eigenvalue weighted by Gasteiger charge is -2.07. The van der Waals surface area contributed by atoms with Crippen molar-refractivity contribution in [1.29, 1.82) is 0 Å². The van der Waals surface area contributed by atoms with Crippen LogP contribution in [0.2, 0.25) is 10.0 Å². The highest BCUT2D eigenvalue weighted by Crippen LogP contribution is 2.23. The summed E-state index contributed by atoms with van der Waals surface area (Å²) in [6.07, 6.45) is 0.715. The van der Waals surface area contributed by atoms with Crippen molar-refractivity contribution >= 4 is 29.0 Å². The van der Waals surface area contributed by atoms with Gasteiger partial charge in [0.25, 0.3) is 0 Å². The summed E-state index contributed by atoms with van der Waals surface area (Å²) < 4.78 is 0. The maximum Gasteiger partial charge on any atom is 0.132 e. The van der Waals surface area contributed by atoms with E-state index in [0.717, 1.165) is 5.56 Å². The second-order valence-electron chi connectivity index (χ2n) is 3.46. The molecule has 14 heavy (non-hydrogen) atoms. The van der Waals surface area contributed by atoms with Crippen molar-refractivity contribution in [3.05, 3.63) is 33.8 Å². The Morgan fingerprint density at radius 1 is 1.36 bits per heavy atom. The van der Waals surface area contributed by atoms with Crippen molar-refractivity contribution < 1.29 is 4.79 Å². The Kier molecular flexibility index (Phi) is 3.97. The second kappa shape index (κ2) is 4.81. The maximum absolute atomic E-state index is 11.0. The van der Waals surface area contributed by atoms with Crippen molar-refractivity contribution in [2.24, 2.45) is 5.92 Å². The molecule has 0 fully saturated rings. The third-order valence-corrected chi connectivity index (χ3v) is 2.96. The van der Waals surface area contributed by atoms with E-state index in [4.69, 9.17) is 23.2 Å². The molecule has 0 radical (unpaired) electrons. The average Bonchev–Trinajstić information content (AvgIpc) is 2.11. The predicted molar refractivity (Wildman–Crippen MR) is 60.0 cm³/mol. The molecule has 0 amide bonds. The highest BCUT2D eigenvalue weighted by Gasteiger charge is 2.09. The van der Waals surface area contributed by atoms with Crippen LogP contribution >= 0.6 is 23.2 Å². The number of rotatable bonds is 3. The summed E-state index contributed by atoms with van der Waals surface area (Å²) in [6.45, 7) is 3.51. The number of hydrogen-bond acceptors (Lipinski definition) is 1. The van der Waals surface area contributed by atoms with Crippen LogP contribution in [-0.2, 0) is 11.2 Å². The minimum atomic E-state index is 0.0345. The number of halogens is 2. The summed E-state index contributed by atoms with van der Waals surface area (Å²) in [7, 11) is 0. The first-order valence-electron chi connectivity index (χ1n) is 4.45. The number of carbonyl (C=O) groups excluding carboxylic acids is 1. The zero-order valence-electron chi connectivity index (χ0n) is 8.18. The third kappa shape index (κ3) is 3.00. The van der Waals surface area contributed by atoms with Gasteiger partial charge in [0.1, 0.15) is 5.78 Å². The molecule has 0 bridgehead atoms. The summed E-state index contributed by atoms with van der Waals surface area (Å²) in [6, 6.07) is 5.46. The monoisotopic (exact) mass is 230 g/mol. The second-order valence-corrected chi connectivity index (χ2v) is 4.28. The lowest BCUT2D eigenvalue weighted by molar-refractivity contribution is -0.120. The summed E-state index contributed by atoms with van der Waals surface area (Å²) in [5.41, 5.74) is 1.04. The van der Waals surface area contributed by atoms with Crippen LogP contribution in [0.4, 0.5) is 0 Å². The Bertz CT molecular complexity index is 347. The highest BCUT2D eigenvalue weighted by atomic mass is 35.5. The van der Waals surface area contributed by atoms with E-state index in [2.05, 4.69) is 0 Å². The van der Waals surface area contributed by atoms with Gasteiger partial charge in [-0.3, -0.25) is 4.79 Å². The van der Waals surface area contributed by atoms with Crippen LogP contribution < -0.4 is 0 Å². The van der Waals surface area contributed by atoms with Crippen LogP contribution in [0.3, 0.4) is 0 Å². The quantitative estimate of drug-likeness (QED) is 0.773. The summed E-state index contributed by atoms with van der Waals surface area (Å²) in [5, 5.41) is 1.09. The average molecular weight is 231 g/mol. The minimum Gasteiger partial charge on any atom is -0.300 e. The molecule has 0 aliphatic carbocycles. The van der Waals surface area contributed by atoms with Gasteiger partial charge in [0.2, 0.25) is 0 Å². The van der Waals surface area contributed by atoms with Gasteiger partial charge in [0.05, 0.1) is 10.0 Å². The first-order valence-corrected chi connectivity index (χ1v) is 5.20. The van der Waals surface area contributed by atoms with Crippen molar-refractivity contribution in [3.63, 3.8) is 0 Å². The number of ketones is 1. The Hall–Kier alpha value is -0.530. The highest BCUT2D eigenvalue weighted by molar-refractivity contribution is 6.42. The third-order valence-electron chi connectivity index (χ3n) is 2.22. The molecular weight excluding hydrogens is 219 g/mol. The number of Topliss-reactive ketones (excluding diaryl/α,β-unsaturated/α-hetero) is 1. The van der Waals surface area contributed by atoms with E-state index in [1.165, 1.54) is 0 Å². The molecule has 0 aliphatic rings. The zero-order chi connectivity index (χ0) is 10.7. The van der Waals surface area contributed by atoms with E-state index >= 15 is 0 Å². The number of benzene rings is 1. The lowest BCUT2D eigenvalue weighted by atomic mass is 9.98. The topological polar surface area (TPSA) is 17.1 Å². The molecule has 1 rings (SSSR count). The summed E-state index contributed by atoms with van der Waals surface area (Å²) >= 11 is 11.6. The van der Waals surface area contributed by atoms with Crippen molar-refractivity contribution in [2.75, 3.05) is 0 Å². The van der Waals surface area contributed by atoms with E-state index in [1.54, 1.807) is 13.0 Å². The molecule has 0 saturated heterocycles. The van der Waals surface area contributed by atoms with E-state index in [-0.39, 0.29) is 11.7 Å². The van der Waals surface area contributed by atoms with E-state index in [9.17, 15) is 4.79 Å². The van der Waals surface area contributed by atoms with Gasteiger partial charge in [-0.1, -0.05) is 36.2 Å². The van der Waals surface area contributed by atoms with E-state index < -0.39 is 0 Å². The van der Waals surface area contributed by atoms with Crippen LogP contribution in [-0.4, -0.2) is 5.78 Å². The van der Waals surface area contributed by atoms with Gasteiger partial charge in [-0.15, -0.1) is 0 Å². The lowest BCUT2D eigenvalue weighted by Crippen LogP contribution is -2.09. The minimum absolute atomic E-state index is 0.0345. The Morgan fingerprint density at radius 2 is 2.00 bits per heavy atom. The fraction of sp³-hybridized carbons (Fsp3) is 0.364. The SMILES string of the molecule is CC(=O)C(C)Cc1ccc(Cl)c(Cl)c1. The molecule has 0 heterocycles. The first-order chi connectivity index (χ1) is 6.50. The number of hydrogen-bond donors (Lipinski definition) is 0. The molecule has 1 atom stereocenters. The van der Waals surface area contributed by atoms with Gasteiger partial charge >= 0.3 is 0 Å². The van der Waals surface area contributed by atoms with Gasteiger partial charge < -0.3 is 0 Å². The van der Waals surface area contributed by atoms with Gasteiger partial charge in [0, 0.05) is 5.92 Å². The number of carbonyl (C=O) groups is 1. The molecule has 1 aromatic carbocycles. The fourth-order valence-electron chi connectivity index (χ4n) is 1.16. The zero-order valence-corrected chi connectivity index (χ0v) is 9.69. The summed E-state index contributed by atoms with van der Waals surface area (Å²) in [5.74, 6) is 0.225. The molecule has 1 nitrogen and oxygen atoms in total. The molecule has 0 aliphatic heterocycles. The van der Waals surface area contributed by atoms with E-state index in [1.807, 2.05) is 19.1 Å². The normalized spacial score (nSPS) is 12.6. The van der Waals surface area contributed by atoms with Gasteiger partial charge in [-0.2, -0.15) is 0 Å². The van der Waals surface area contributed by atoms with Crippen molar-refractivity contribution in [2.45, 2.75) is 20.3 Å². The maximum atomic E-state index is 11.0. The van der Waals surface area contributed by atoms with E-state index in [0.29, 0.717) is 16.5 Å². The molecule has 0 aromatic heterocycles. The Balaban J connectivity index is 2.78. The molecule has 3 heteroatoms. The van der Waals surface area contributed by atoms with Crippen LogP contribution in [0.25, 0.3) is 0 Å². The van der Waals surface area contributed by atoms with Crippen LogP contribution in [0.15, 0.2) is 18.2 Å². The molecule has 1 aromatic rings. The Morgan fingerprint density at radius 3 is 2.50 bits per heavy atom. The Labute approximate surface area is 94.0 Å². The van der Waals surface area contributed by atoms with Crippen LogP contribution in [0, 0.1) is 5.92 Å². The smallest absolute Gasteiger partial charge is 0.132 e. The van der Waals surface area contributed by atoms with Gasteiger partial charge in [-0.05, 0) is 31.0 Å². The fourth-order valence-corrected chi connectivity index (χ4v) is 1.48. The predicted octanol–water partition coefficient (Wildman–Crippen LogP) is 3.76. The van der Waals surface area contributed by atoms with Crippen molar-refractivity contribution in [3.8, 4) is 0 Å². The molecule has 1 unspecified atom stereocenters. The standard InChI is InChI=1S/C11H12Cl2O/c1-7(8(2)14)5-9-3-4-10(12)11(13)6-9/h3-4,6-7H,5H2,1-2H3. The van der Waals surface area contributed by atoms with Gasteiger partial charge in [0.15, 0.2) is 0 Å². The molecular formula is C11H12Cl2O. The molecule has 0 N–H and O–H groups in total. The van der Waals surface area contributed by atoms with Crippen LogP contribution in [0.5, 0.6) is 0 Å².